The van der Waals surface area contributed by atoms with Crippen LogP contribution in [0.15, 0.2) is 67.0 Å². The second kappa shape index (κ2) is 13.9. The van der Waals surface area contributed by atoms with Gasteiger partial charge in [-0.1, -0.05) is 30.4 Å². The van der Waals surface area contributed by atoms with E-state index in [1.165, 1.54) is 5.56 Å². The number of benzene rings is 2. The molecule has 0 unspecified atom stereocenters. The minimum absolute atomic E-state index is 0.0397. The van der Waals surface area contributed by atoms with Gasteiger partial charge in [0.15, 0.2) is 11.5 Å². The maximum Gasteiger partial charge on any atom is 0.223 e. The van der Waals surface area contributed by atoms with E-state index in [0.29, 0.717) is 13.0 Å². The molecule has 7 heteroatoms. The topological polar surface area (TPSA) is 77.4 Å². The van der Waals surface area contributed by atoms with Crippen molar-refractivity contribution in [2.45, 2.75) is 25.7 Å². The van der Waals surface area contributed by atoms with Crippen LogP contribution < -0.4 is 20.1 Å². The molecule has 180 valence electrons. The fraction of sp³-hybridized carbons (Fsp3) is 0.333. The first-order valence-electron chi connectivity index (χ1n) is 11.6. The Bertz CT molecular complexity index is 1030. The molecule has 2 aromatic carbocycles. The number of nitrogens with one attached hydrogen (secondary N) is 2. The first kappa shape index (κ1) is 25.1. The van der Waals surface area contributed by atoms with Crippen molar-refractivity contribution in [3.05, 3.63) is 78.1 Å². The molecule has 0 bridgehead atoms. The number of hydrogen-bond acceptors (Lipinski definition) is 5. The zero-order valence-corrected chi connectivity index (χ0v) is 20.0. The Labute approximate surface area is 201 Å². The Morgan fingerprint density at radius 3 is 2.53 bits per heavy atom. The second-order valence-corrected chi connectivity index (χ2v) is 7.90. The van der Waals surface area contributed by atoms with Gasteiger partial charge in [-0.2, -0.15) is 5.10 Å². The first-order chi connectivity index (χ1) is 16.7. The van der Waals surface area contributed by atoms with E-state index < -0.39 is 0 Å². The number of aryl methyl sites for hydroxylation is 1. The molecule has 0 saturated carbocycles. The van der Waals surface area contributed by atoms with Crippen LogP contribution in [0.3, 0.4) is 0 Å². The summed E-state index contributed by atoms with van der Waals surface area (Å²) in [5, 5.41) is 10.6. The van der Waals surface area contributed by atoms with Gasteiger partial charge in [-0.05, 0) is 73.8 Å². The normalized spacial score (nSPS) is 11.0. The Balaban J connectivity index is 1.22. The lowest BCUT2D eigenvalue weighted by molar-refractivity contribution is -0.120. The van der Waals surface area contributed by atoms with Gasteiger partial charge in [0.25, 0.3) is 0 Å². The average Bonchev–Trinajstić information content (AvgIpc) is 3.41. The van der Waals surface area contributed by atoms with Crippen LogP contribution in [-0.4, -0.2) is 49.5 Å². The number of aromatic nitrogens is 2. The zero-order chi connectivity index (χ0) is 24.0. The Morgan fingerprint density at radius 1 is 1.00 bits per heavy atom. The monoisotopic (exact) mass is 462 g/mol. The summed E-state index contributed by atoms with van der Waals surface area (Å²) >= 11 is 0. The van der Waals surface area contributed by atoms with Crippen LogP contribution in [0.4, 0.5) is 0 Å². The highest BCUT2D eigenvalue weighted by atomic mass is 16.5. The summed E-state index contributed by atoms with van der Waals surface area (Å²) < 4.78 is 12.4. The number of amides is 1. The van der Waals surface area contributed by atoms with Crippen molar-refractivity contribution in [3.8, 4) is 17.2 Å². The van der Waals surface area contributed by atoms with Gasteiger partial charge in [0.2, 0.25) is 5.91 Å². The maximum absolute atomic E-state index is 12.0. The largest absolute Gasteiger partial charge is 0.493 e. The third kappa shape index (κ3) is 8.08. The van der Waals surface area contributed by atoms with Crippen LogP contribution in [0.2, 0.25) is 0 Å². The molecule has 7 nitrogen and oxygen atoms in total. The molecular formula is C27H34N4O3. The van der Waals surface area contributed by atoms with Crippen molar-refractivity contribution in [2.75, 3.05) is 33.9 Å². The third-order valence-corrected chi connectivity index (χ3v) is 5.40. The number of ether oxygens (including phenoxy) is 2. The molecule has 0 aliphatic rings. The molecule has 0 spiro atoms. The molecule has 34 heavy (non-hydrogen) atoms. The summed E-state index contributed by atoms with van der Waals surface area (Å²) in [6.45, 7) is 2.49. The van der Waals surface area contributed by atoms with Gasteiger partial charge < -0.3 is 20.1 Å². The summed E-state index contributed by atoms with van der Waals surface area (Å²) in [7, 11) is 3.30. The van der Waals surface area contributed by atoms with E-state index in [2.05, 4.69) is 21.8 Å². The molecule has 3 aromatic rings. The van der Waals surface area contributed by atoms with Gasteiger partial charge in [0, 0.05) is 25.4 Å². The number of carbonyl (C=O) groups excluding carboxylic acids is 1. The van der Waals surface area contributed by atoms with Crippen molar-refractivity contribution in [2.24, 2.45) is 0 Å². The van der Waals surface area contributed by atoms with Gasteiger partial charge in [0.05, 0.1) is 19.9 Å². The van der Waals surface area contributed by atoms with Crippen LogP contribution in [0.5, 0.6) is 11.5 Å². The Hall–Kier alpha value is -3.58. The molecule has 1 heterocycles. The maximum atomic E-state index is 12.0. The lowest BCUT2D eigenvalue weighted by Crippen LogP contribution is -2.27. The van der Waals surface area contributed by atoms with Crippen LogP contribution >= 0.6 is 0 Å². The van der Waals surface area contributed by atoms with Gasteiger partial charge in [-0.25, -0.2) is 4.68 Å². The van der Waals surface area contributed by atoms with Crippen LogP contribution in [-0.2, 0) is 11.2 Å². The quantitative estimate of drug-likeness (QED) is 0.354. The third-order valence-electron chi connectivity index (χ3n) is 5.40. The summed E-state index contributed by atoms with van der Waals surface area (Å²) in [5.41, 5.74) is 3.30. The molecular weight excluding hydrogens is 428 g/mol. The molecule has 0 saturated heterocycles. The Morgan fingerprint density at radius 2 is 1.79 bits per heavy atom. The number of rotatable bonds is 14. The van der Waals surface area contributed by atoms with E-state index in [9.17, 15) is 4.79 Å². The molecule has 1 amide bonds. The molecule has 3 rings (SSSR count). The molecule has 1 aromatic heterocycles. The minimum Gasteiger partial charge on any atom is -0.493 e. The smallest absolute Gasteiger partial charge is 0.223 e. The van der Waals surface area contributed by atoms with Crippen molar-refractivity contribution >= 4 is 12.0 Å². The highest BCUT2D eigenvalue weighted by Crippen LogP contribution is 2.27. The van der Waals surface area contributed by atoms with Crippen molar-refractivity contribution < 1.29 is 14.3 Å². The second-order valence-electron chi connectivity index (χ2n) is 7.90. The SMILES string of the molecule is COc1ccc(CCCNCCCNC(=O)C/C=C/c2ccc(-n3cccn3)cc2)cc1OC. The highest BCUT2D eigenvalue weighted by molar-refractivity contribution is 5.78. The molecule has 0 aliphatic carbocycles. The number of methoxy groups -OCH3 is 2. The van der Waals surface area contributed by atoms with Gasteiger partial charge in [-0.3, -0.25) is 4.79 Å². The fourth-order valence-corrected chi connectivity index (χ4v) is 3.55. The molecule has 0 aliphatic heterocycles. The van der Waals surface area contributed by atoms with E-state index in [0.717, 1.165) is 55.1 Å². The van der Waals surface area contributed by atoms with E-state index in [1.54, 1.807) is 20.4 Å². The summed E-state index contributed by atoms with van der Waals surface area (Å²) in [6, 6.07) is 16.0. The van der Waals surface area contributed by atoms with Gasteiger partial charge in [-0.15, -0.1) is 0 Å². The fourth-order valence-electron chi connectivity index (χ4n) is 3.55. The predicted octanol–water partition coefficient (Wildman–Crippen LogP) is 4.02. The number of carbonyl (C=O) groups is 1. The van der Waals surface area contributed by atoms with E-state index in [1.807, 2.05) is 65.5 Å². The molecule has 0 radical (unpaired) electrons. The summed E-state index contributed by atoms with van der Waals surface area (Å²) in [4.78, 5) is 12.0. The first-order valence-corrected chi connectivity index (χ1v) is 11.6. The predicted molar refractivity (Wildman–Crippen MR) is 136 cm³/mol. The van der Waals surface area contributed by atoms with Crippen molar-refractivity contribution in [3.63, 3.8) is 0 Å². The molecule has 0 atom stereocenters. The van der Waals surface area contributed by atoms with E-state index in [4.69, 9.17) is 9.47 Å². The van der Waals surface area contributed by atoms with Gasteiger partial charge in [0.1, 0.15) is 0 Å². The van der Waals surface area contributed by atoms with Crippen molar-refractivity contribution in [1.29, 1.82) is 0 Å². The summed E-state index contributed by atoms with van der Waals surface area (Å²) in [6.07, 6.45) is 10.8. The number of hydrogen-bond donors (Lipinski definition) is 2. The molecule has 0 fully saturated rings. The van der Waals surface area contributed by atoms with Crippen LogP contribution in [0.25, 0.3) is 11.8 Å². The van der Waals surface area contributed by atoms with Crippen molar-refractivity contribution in [1.82, 2.24) is 20.4 Å². The summed E-state index contributed by atoms with van der Waals surface area (Å²) in [5.74, 6) is 1.56. The molecule has 2 N–H and O–H groups in total. The number of nitrogens with zero attached hydrogens (tertiary/aromatic N) is 2. The Kier molecular flexibility index (Phi) is 10.2. The lowest BCUT2D eigenvalue weighted by atomic mass is 10.1. The highest BCUT2D eigenvalue weighted by Gasteiger charge is 2.04. The van der Waals surface area contributed by atoms with E-state index in [-0.39, 0.29) is 5.91 Å². The average molecular weight is 463 g/mol. The minimum atomic E-state index is 0.0397. The van der Waals surface area contributed by atoms with E-state index >= 15 is 0 Å². The zero-order valence-electron chi connectivity index (χ0n) is 20.0. The van der Waals surface area contributed by atoms with Gasteiger partial charge >= 0.3 is 0 Å². The van der Waals surface area contributed by atoms with Crippen LogP contribution in [0, 0.1) is 0 Å². The lowest BCUT2D eigenvalue weighted by Gasteiger charge is -2.10. The van der Waals surface area contributed by atoms with Crippen LogP contribution in [0.1, 0.15) is 30.4 Å². The standard InChI is InChI=1S/C27H34N4O3/c1-33-25-15-12-23(21-26(25)34-2)8-4-16-28-17-5-18-29-27(32)9-3-7-22-10-13-24(14-11-22)31-20-6-19-30-31/h3,6-7,10-15,19-21,28H,4-5,8-9,16-18H2,1-2H3,(H,29,32)/b7-3+.